The average Bonchev–Trinajstić information content (AvgIpc) is 2.89. The monoisotopic (exact) mass is 584 g/mol. The van der Waals surface area contributed by atoms with Gasteiger partial charge in [0.25, 0.3) is 5.91 Å². The summed E-state index contributed by atoms with van der Waals surface area (Å²) in [5, 5.41) is 2.64. The zero-order valence-corrected chi connectivity index (χ0v) is 24.1. The van der Waals surface area contributed by atoms with Crippen LogP contribution in [0, 0.1) is 5.82 Å². The van der Waals surface area contributed by atoms with Gasteiger partial charge in [0.15, 0.2) is 0 Å². The molecule has 0 radical (unpaired) electrons. The van der Waals surface area contributed by atoms with Gasteiger partial charge in [-0.05, 0) is 49.9 Å². The molecule has 1 aromatic carbocycles. The normalized spacial score (nSPS) is 17.4. The fraction of sp³-hybridized carbons (Fsp3) is 0.500. The lowest BCUT2D eigenvalue weighted by Gasteiger charge is -2.35. The lowest BCUT2D eigenvalue weighted by Crippen LogP contribution is -2.44. The molecule has 2 aliphatic rings. The molecule has 0 bridgehead atoms. The second-order valence-electron chi connectivity index (χ2n) is 10.9. The Balaban J connectivity index is 1.67. The van der Waals surface area contributed by atoms with Gasteiger partial charge in [0.2, 0.25) is 5.88 Å². The summed E-state index contributed by atoms with van der Waals surface area (Å²) in [5.74, 6) is -0.945. The minimum Gasteiger partial charge on any atom is -0.477 e. The molecule has 2 aliphatic heterocycles. The van der Waals surface area contributed by atoms with Gasteiger partial charge in [0, 0.05) is 49.8 Å². The molecule has 0 aliphatic carbocycles. The first-order valence-electron chi connectivity index (χ1n) is 13.0. The Bertz CT molecular complexity index is 1260. The van der Waals surface area contributed by atoms with Gasteiger partial charge in [0.05, 0.1) is 42.3 Å². The van der Waals surface area contributed by atoms with Crippen LogP contribution < -0.4 is 15.0 Å². The van der Waals surface area contributed by atoms with E-state index in [9.17, 15) is 18.0 Å². The molecule has 1 N–H and O–H groups in total. The molecule has 7 nitrogen and oxygen atoms in total. The number of carbonyl (C=O) groups is 1. The highest BCUT2D eigenvalue weighted by molar-refractivity contribution is 8.32. The largest absolute Gasteiger partial charge is 0.477 e. The number of hydrogen-bond acceptors (Lipinski definition) is 6. The molecule has 40 heavy (non-hydrogen) atoms. The fourth-order valence-electron chi connectivity index (χ4n) is 4.51. The van der Waals surface area contributed by atoms with Crippen molar-refractivity contribution in [3.63, 3.8) is 0 Å². The molecule has 4 rings (SSSR count). The van der Waals surface area contributed by atoms with Crippen molar-refractivity contribution in [1.29, 1.82) is 0 Å². The zero-order valence-electron chi connectivity index (χ0n) is 23.2. The van der Waals surface area contributed by atoms with Crippen LogP contribution in [0.1, 0.15) is 27.9 Å². The first-order valence-corrected chi connectivity index (χ1v) is 16.1. The molecular formula is C28H36F4N4O3S. The van der Waals surface area contributed by atoms with Crippen LogP contribution in [0.5, 0.6) is 5.88 Å². The fourth-order valence-corrected chi connectivity index (χ4v) is 5.09. The Morgan fingerprint density at radius 1 is 1.15 bits per heavy atom. The smallest absolute Gasteiger partial charge is 0.417 e. The number of pyridine rings is 1. The van der Waals surface area contributed by atoms with Crippen LogP contribution in [0.15, 0.2) is 30.5 Å². The summed E-state index contributed by atoms with van der Waals surface area (Å²) in [6.07, 6.45) is 4.56. The first kappa shape index (κ1) is 30.1. The number of nitrogens with one attached hydrogen (secondary N) is 1. The highest BCUT2D eigenvalue weighted by atomic mass is 32.3. The number of alkyl halides is 3. The number of amides is 1. The number of piperazine rings is 1. The third-order valence-corrected chi connectivity index (χ3v) is 8.25. The minimum absolute atomic E-state index is 0.193. The molecule has 1 amide bonds. The van der Waals surface area contributed by atoms with E-state index < -0.39 is 39.1 Å². The predicted molar refractivity (Wildman–Crippen MR) is 152 cm³/mol. The third kappa shape index (κ3) is 7.67. The Morgan fingerprint density at radius 2 is 1.88 bits per heavy atom. The Hall–Kier alpha value is -2.83. The summed E-state index contributed by atoms with van der Waals surface area (Å²) >= 11 is 0. The van der Waals surface area contributed by atoms with Gasteiger partial charge in [-0.25, -0.2) is 19.4 Å². The lowest BCUT2D eigenvalue weighted by atomic mass is 9.99. The number of carbonyl (C=O) groups excluding carboxylic acids is 1. The van der Waals surface area contributed by atoms with Crippen LogP contribution in [0.2, 0.25) is 0 Å². The molecular weight excluding hydrogens is 548 g/mol. The summed E-state index contributed by atoms with van der Waals surface area (Å²) < 4.78 is 68.4. The van der Waals surface area contributed by atoms with Crippen molar-refractivity contribution in [2.45, 2.75) is 12.6 Å². The van der Waals surface area contributed by atoms with Gasteiger partial charge in [-0.15, -0.1) is 0 Å². The van der Waals surface area contributed by atoms with Crippen molar-refractivity contribution in [3.8, 4) is 5.88 Å². The number of nitrogens with zero attached hydrogens (tertiary/aromatic N) is 3. The van der Waals surface area contributed by atoms with E-state index in [1.165, 1.54) is 12.1 Å². The van der Waals surface area contributed by atoms with Crippen molar-refractivity contribution in [2.75, 3.05) is 87.8 Å². The number of halogens is 4. The van der Waals surface area contributed by atoms with E-state index >= 15 is 4.39 Å². The first-order chi connectivity index (χ1) is 18.8. The summed E-state index contributed by atoms with van der Waals surface area (Å²) in [6.45, 7) is 3.59. The summed E-state index contributed by atoms with van der Waals surface area (Å²) in [7, 11) is 1.07. The molecule has 0 saturated carbocycles. The molecule has 2 aromatic rings. The molecule has 0 atom stereocenters. The number of hydrogen-bond donors (Lipinski definition) is 1. The van der Waals surface area contributed by atoms with Crippen LogP contribution in [-0.4, -0.2) is 93.4 Å². The van der Waals surface area contributed by atoms with Gasteiger partial charge in [-0.2, -0.15) is 13.2 Å². The predicted octanol–water partition coefficient (Wildman–Crippen LogP) is 5.12. The molecule has 0 unspecified atom stereocenters. The quantitative estimate of drug-likeness (QED) is 0.435. The maximum Gasteiger partial charge on any atom is 0.417 e. The SMILES string of the molecule is CN1CCN(c2cc(F)c(C3=CCOCC3)cc2NC(=O)c2cnc(OCCS(C)(C)C)cc2C(F)(F)F)CC1. The molecule has 220 valence electrons. The summed E-state index contributed by atoms with van der Waals surface area (Å²) in [6, 6.07) is 3.62. The Labute approximate surface area is 233 Å². The van der Waals surface area contributed by atoms with Crippen molar-refractivity contribution < 1.29 is 31.8 Å². The van der Waals surface area contributed by atoms with Crippen molar-refractivity contribution >= 4 is 32.9 Å². The number of benzene rings is 1. The minimum atomic E-state index is -4.82. The van der Waals surface area contributed by atoms with Crippen LogP contribution in [0.25, 0.3) is 5.57 Å². The Kier molecular flexibility index (Phi) is 9.31. The maximum absolute atomic E-state index is 15.3. The van der Waals surface area contributed by atoms with E-state index in [-0.39, 0.29) is 23.7 Å². The van der Waals surface area contributed by atoms with Crippen molar-refractivity contribution in [2.24, 2.45) is 0 Å². The van der Waals surface area contributed by atoms with Gasteiger partial charge in [-0.1, -0.05) is 6.08 Å². The number of rotatable bonds is 8. The summed E-state index contributed by atoms with van der Waals surface area (Å²) in [5.41, 5.74) is -0.118. The van der Waals surface area contributed by atoms with Crippen molar-refractivity contribution in [1.82, 2.24) is 9.88 Å². The van der Waals surface area contributed by atoms with E-state index in [1.54, 1.807) is 6.08 Å². The number of likely N-dealkylation sites (N-methyl/N-ethyl adjacent to an activating group) is 1. The molecule has 1 aromatic heterocycles. The standard InChI is InChI=1S/C28H36F4N4O3S/c1-35-7-9-36(10-8-35)25-17-23(29)20(19-5-11-38-12-6-19)15-24(25)34-27(37)21-18-33-26(16-22(21)28(30,31)32)39-13-14-40(2,3)4/h5,15-18H,6-14H2,1-4H3,(H,34,37). The van der Waals surface area contributed by atoms with E-state index in [0.29, 0.717) is 44.2 Å². The zero-order chi connectivity index (χ0) is 29.1. The van der Waals surface area contributed by atoms with Crippen molar-refractivity contribution in [3.05, 3.63) is 53.0 Å². The molecule has 3 heterocycles. The number of anilines is 2. The van der Waals surface area contributed by atoms with E-state index in [4.69, 9.17) is 9.47 Å². The van der Waals surface area contributed by atoms with Crippen LogP contribution >= 0.6 is 10.0 Å². The highest BCUT2D eigenvalue weighted by Gasteiger charge is 2.37. The second-order valence-corrected chi connectivity index (χ2v) is 15.4. The second kappa shape index (κ2) is 12.4. The third-order valence-electron chi connectivity index (χ3n) is 6.86. The van der Waals surface area contributed by atoms with E-state index in [1.807, 2.05) is 11.9 Å². The van der Waals surface area contributed by atoms with Gasteiger partial charge in [0.1, 0.15) is 5.82 Å². The average molecular weight is 585 g/mol. The van der Waals surface area contributed by atoms with Gasteiger partial charge < -0.3 is 24.6 Å². The molecule has 1 saturated heterocycles. The number of aromatic nitrogens is 1. The van der Waals surface area contributed by atoms with Crippen LogP contribution in [0.4, 0.5) is 28.9 Å². The molecule has 0 spiro atoms. The van der Waals surface area contributed by atoms with Crippen LogP contribution in [-0.2, 0) is 10.9 Å². The maximum atomic E-state index is 15.3. The van der Waals surface area contributed by atoms with E-state index in [2.05, 4.69) is 34.0 Å². The molecule has 1 fully saturated rings. The lowest BCUT2D eigenvalue weighted by molar-refractivity contribution is -0.138. The Morgan fingerprint density at radius 3 is 2.50 bits per heavy atom. The molecule has 12 heteroatoms. The topological polar surface area (TPSA) is 66.9 Å². The van der Waals surface area contributed by atoms with E-state index in [0.717, 1.165) is 30.9 Å². The highest BCUT2D eigenvalue weighted by Crippen LogP contribution is 2.38. The van der Waals surface area contributed by atoms with Gasteiger partial charge in [-0.3, -0.25) is 4.79 Å². The number of ether oxygens (including phenoxy) is 2. The summed E-state index contributed by atoms with van der Waals surface area (Å²) in [4.78, 5) is 21.4. The van der Waals surface area contributed by atoms with Crippen LogP contribution in [0.3, 0.4) is 0 Å². The van der Waals surface area contributed by atoms with Gasteiger partial charge >= 0.3 is 6.18 Å².